The number of amides is 1. The van der Waals surface area contributed by atoms with Crippen molar-refractivity contribution in [3.05, 3.63) is 47.6 Å². The van der Waals surface area contributed by atoms with E-state index in [9.17, 15) is 4.79 Å². The standard InChI is InChI=1S/C13H16N4O3/c14-16-13(18)12-8-11(20-17-12)9-19-7-1-2-10-3-5-15-6-4-10/h3-6,8H,1-2,7,9,14H2,(H,16,18). The van der Waals surface area contributed by atoms with Gasteiger partial charge in [-0.05, 0) is 30.5 Å². The highest BCUT2D eigenvalue weighted by molar-refractivity contribution is 5.91. The van der Waals surface area contributed by atoms with Crippen molar-refractivity contribution in [2.45, 2.75) is 19.4 Å². The van der Waals surface area contributed by atoms with Gasteiger partial charge >= 0.3 is 0 Å². The van der Waals surface area contributed by atoms with E-state index in [2.05, 4.69) is 10.1 Å². The van der Waals surface area contributed by atoms with Gasteiger partial charge in [0.1, 0.15) is 6.61 Å². The highest BCUT2D eigenvalue weighted by Gasteiger charge is 2.10. The molecule has 0 saturated heterocycles. The molecule has 7 heteroatoms. The van der Waals surface area contributed by atoms with Gasteiger partial charge in [0, 0.05) is 25.1 Å². The maximum absolute atomic E-state index is 11.2. The van der Waals surface area contributed by atoms with Crippen molar-refractivity contribution in [3.63, 3.8) is 0 Å². The number of hydrazine groups is 1. The largest absolute Gasteiger partial charge is 0.373 e. The van der Waals surface area contributed by atoms with Crippen molar-refractivity contribution < 1.29 is 14.1 Å². The van der Waals surface area contributed by atoms with Crippen LogP contribution < -0.4 is 11.3 Å². The van der Waals surface area contributed by atoms with E-state index >= 15 is 0 Å². The number of rotatable bonds is 7. The quantitative estimate of drug-likeness (QED) is 0.336. The third kappa shape index (κ3) is 4.15. The van der Waals surface area contributed by atoms with Gasteiger partial charge in [0.25, 0.3) is 5.91 Å². The van der Waals surface area contributed by atoms with Crippen LogP contribution in [0.5, 0.6) is 0 Å². The van der Waals surface area contributed by atoms with Crippen LogP contribution in [-0.2, 0) is 17.8 Å². The average Bonchev–Trinajstić information content (AvgIpc) is 2.96. The van der Waals surface area contributed by atoms with Crippen molar-refractivity contribution in [2.24, 2.45) is 5.84 Å². The zero-order valence-electron chi connectivity index (χ0n) is 10.9. The molecule has 0 bridgehead atoms. The lowest BCUT2D eigenvalue weighted by Crippen LogP contribution is -2.30. The normalized spacial score (nSPS) is 10.4. The minimum absolute atomic E-state index is 0.142. The molecular formula is C13H16N4O3. The Kier molecular flexibility index (Phi) is 5.22. The van der Waals surface area contributed by atoms with Crippen LogP contribution in [0.3, 0.4) is 0 Å². The number of nitrogen functional groups attached to an aromatic ring is 1. The van der Waals surface area contributed by atoms with Crippen LogP contribution in [0.2, 0.25) is 0 Å². The number of hydrogen-bond acceptors (Lipinski definition) is 6. The summed E-state index contributed by atoms with van der Waals surface area (Å²) >= 11 is 0. The van der Waals surface area contributed by atoms with E-state index < -0.39 is 5.91 Å². The molecule has 0 aliphatic rings. The third-order valence-electron chi connectivity index (χ3n) is 2.67. The molecule has 0 aliphatic carbocycles. The molecule has 0 atom stereocenters. The molecule has 7 nitrogen and oxygen atoms in total. The molecule has 2 rings (SSSR count). The van der Waals surface area contributed by atoms with Gasteiger partial charge in [-0.1, -0.05) is 5.16 Å². The van der Waals surface area contributed by atoms with Crippen molar-refractivity contribution in [1.29, 1.82) is 0 Å². The fourth-order valence-electron chi connectivity index (χ4n) is 1.66. The first-order valence-electron chi connectivity index (χ1n) is 6.23. The predicted octanol–water partition coefficient (Wildman–Crippen LogP) is 0.822. The Morgan fingerprint density at radius 1 is 1.40 bits per heavy atom. The number of nitrogens with two attached hydrogens (primary N) is 1. The highest BCUT2D eigenvalue weighted by Crippen LogP contribution is 2.06. The molecule has 0 aliphatic heterocycles. The summed E-state index contributed by atoms with van der Waals surface area (Å²) in [5.41, 5.74) is 3.35. The van der Waals surface area contributed by atoms with Gasteiger partial charge in [-0.2, -0.15) is 0 Å². The molecule has 2 aromatic rings. The van der Waals surface area contributed by atoms with Crippen molar-refractivity contribution in [3.8, 4) is 0 Å². The lowest BCUT2D eigenvalue weighted by atomic mass is 10.1. The molecule has 1 amide bonds. The highest BCUT2D eigenvalue weighted by atomic mass is 16.5. The van der Waals surface area contributed by atoms with Gasteiger partial charge in [0.05, 0.1) is 0 Å². The summed E-state index contributed by atoms with van der Waals surface area (Å²) in [6.07, 6.45) is 5.37. The fraction of sp³-hybridized carbons (Fsp3) is 0.308. The van der Waals surface area contributed by atoms with Gasteiger partial charge in [-0.15, -0.1) is 0 Å². The zero-order valence-corrected chi connectivity index (χ0v) is 10.9. The number of aromatic nitrogens is 2. The smallest absolute Gasteiger partial charge is 0.287 e. The molecule has 2 aromatic heterocycles. The first kappa shape index (κ1) is 14.2. The topological polar surface area (TPSA) is 103 Å². The van der Waals surface area contributed by atoms with Gasteiger partial charge in [-0.3, -0.25) is 15.2 Å². The van der Waals surface area contributed by atoms with E-state index in [1.807, 2.05) is 17.6 Å². The zero-order chi connectivity index (χ0) is 14.2. The summed E-state index contributed by atoms with van der Waals surface area (Å²) in [6, 6.07) is 5.47. The molecular weight excluding hydrogens is 260 g/mol. The van der Waals surface area contributed by atoms with E-state index in [-0.39, 0.29) is 12.3 Å². The van der Waals surface area contributed by atoms with Gasteiger partial charge in [0.2, 0.25) is 0 Å². The number of nitrogens with zero attached hydrogens (tertiary/aromatic N) is 2. The number of hydrogen-bond donors (Lipinski definition) is 2. The maximum Gasteiger partial charge on any atom is 0.287 e. The monoisotopic (exact) mass is 276 g/mol. The molecule has 3 N–H and O–H groups in total. The van der Waals surface area contributed by atoms with Crippen molar-refractivity contribution in [1.82, 2.24) is 15.6 Å². The number of nitrogens with one attached hydrogen (secondary N) is 1. The van der Waals surface area contributed by atoms with Gasteiger partial charge in [-0.25, -0.2) is 5.84 Å². The van der Waals surface area contributed by atoms with E-state index in [1.54, 1.807) is 12.4 Å². The lowest BCUT2D eigenvalue weighted by Gasteiger charge is -2.02. The second-order valence-corrected chi connectivity index (χ2v) is 4.16. The fourth-order valence-corrected chi connectivity index (χ4v) is 1.66. The SMILES string of the molecule is NNC(=O)c1cc(COCCCc2ccncc2)on1. The summed E-state index contributed by atoms with van der Waals surface area (Å²) in [5, 5.41) is 3.58. The van der Waals surface area contributed by atoms with E-state index in [0.29, 0.717) is 12.4 Å². The summed E-state index contributed by atoms with van der Waals surface area (Å²) in [5.74, 6) is 5.00. The van der Waals surface area contributed by atoms with Crippen LogP contribution >= 0.6 is 0 Å². The van der Waals surface area contributed by atoms with Crippen LogP contribution in [-0.4, -0.2) is 22.7 Å². The minimum atomic E-state index is -0.488. The molecule has 0 aromatic carbocycles. The van der Waals surface area contributed by atoms with E-state index in [4.69, 9.17) is 15.1 Å². The van der Waals surface area contributed by atoms with Gasteiger partial charge in [0.15, 0.2) is 11.5 Å². The van der Waals surface area contributed by atoms with Crippen LogP contribution in [0.1, 0.15) is 28.2 Å². The summed E-state index contributed by atoms with van der Waals surface area (Å²) < 4.78 is 10.4. The summed E-state index contributed by atoms with van der Waals surface area (Å²) in [7, 11) is 0. The molecule has 0 radical (unpaired) electrons. The Morgan fingerprint density at radius 3 is 2.95 bits per heavy atom. The van der Waals surface area contributed by atoms with Gasteiger partial charge < -0.3 is 9.26 Å². The minimum Gasteiger partial charge on any atom is -0.373 e. The number of carbonyl (C=O) groups is 1. The first-order chi connectivity index (χ1) is 9.79. The molecule has 0 spiro atoms. The number of aryl methyl sites for hydroxylation is 1. The Balaban J connectivity index is 1.66. The average molecular weight is 276 g/mol. The summed E-state index contributed by atoms with van der Waals surface area (Å²) in [6.45, 7) is 0.878. The number of ether oxygens (including phenoxy) is 1. The van der Waals surface area contributed by atoms with Crippen LogP contribution in [0.4, 0.5) is 0 Å². The molecule has 2 heterocycles. The molecule has 0 saturated carbocycles. The number of carbonyl (C=O) groups excluding carboxylic acids is 1. The number of pyridine rings is 1. The molecule has 0 unspecified atom stereocenters. The second kappa shape index (κ2) is 7.37. The Morgan fingerprint density at radius 2 is 2.20 bits per heavy atom. The van der Waals surface area contributed by atoms with E-state index in [0.717, 1.165) is 12.8 Å². The second-order valence-electron chi connectivity index (χ2n) is 4.16. The Labute approximate surface area is 116 Å². The third-order valence-corrected chi connectivity index (χ3v) is 2.67. The maximum atomic E-state index is 11.2. The summed E-state index contributed by atoms with van der Waals surface area (Å²) in [4.78, 5) is 15.1. The Hall–Kier alpha value is -2.25. The van der Waals surface area contributed by atoms with Crippen molar-refractivity contribution in [2.75, 3.05) is 6.61 Å². The lowest BCUT2D eigenvalue weighted by molar-refractivity contribution is 0.0936. The van der Waals surface area contributed by atoms with Crippen LogP contribution in [0.25, 0.3) is 0 Å². The predicted molar refractivity (Wildman–Crippen MR) is 70.4 cm³/mol. The van der Waals surface area contributed by atoms with Crippen LogP contribution in [0, 0.1) is 0 Å². The molecule has 106 valence electrons. The van der Waals surface area contributed by atoms with Crippen LogP contribution in [0.15, 0.2) is 35.1 Å². The van der Waals surface area contributed by atoms with E-state index in [1.165, 1.54) is 11.6 Å². The molecule has 0 fully saturated rings. The first-order valence-corrected chi connectivity index (χ1v) is 6.23. The molecule has 20 heavy (non-hydrogen) atoms. The van der Waals surface area contributed by atoms with Crippen molar-refractivity contribution >= 4 is 5.91 Å². The Bertz CT molecular complexity index is 542.